The summed E-state index contributed by atoms with van der Waals surface area (Å²) in [6.07, 6.45) is 3.31. The largest absolute Gasteiger partial charge is 0.381 e. The van der Waals surface area contributed by atoms with Crippen molar-refractivity contribution in [1.29, 1.82) is 0 Å². The molecule has 2 rings (SSSR count). The molecule has 1 fully saturated rings. The molecule has 0 aliphatic carbocycles. The predicted molar refractivity (Wildman–Crippen MR) is 90.4 cm³/mol. The van der Waals surface area contributed by atoms with Gasteiger partial charge in [0.1, 0.15) is 0 Å². The average molecular weight is 311 g/mol. The minimum atomic E-state index is 0.292. The first-order chi connectivity index (χ1) is 10.1. The molecule has 0 spiro atoms. The molecule has 1 aliphatic rings. The first-order valence-corrected chi connectivity index (χ1v) is 8.34. The van der Waals surface area contributed by atoms with E-state index in [1.54, 1.807) is 0 Å². The van der Waals surface area contributed by atoms with Crippen molar-refractivity contribution in [2.75, 3.05) is 31.7 Å². The van der Waals surface area contributed by atoms with Crippen molar-refractivity contribution in [3.63, 3.8) is 0 Å². The maximum Gasteiger partial charge on any atom is 0.0485 e. The van der Waals surface area contributed by atoms with E-state index in [0.717, 1.165) is 44.0 Å². The summed E-state index contributed by atoms with van der Waals surface area (Å²) in [7, 11) is 2.15. The third kappa shape index (κ3) is 4.35. The molecule has 1 unspecified atom stereocenters. The van der Waals surface area contributed by atoms with Crippen LogP contribution in [-0.2, 0) is 4.74 Å². The summed E-state index contributed by atoms with van der Waals surface area (Å²) in [5, 5.41) is 4.34. The van der Waals surface area contributed by atoms with Gasteiger partial charge in [-0.05, 0) is 50.4 Å². The fourth-order valence-electron chi connectivity index (χ4n) is 2.84. The van der Waals surface area contributed by atoms with Crippen molar-refractivity contribution < 1.29 is 4.74 Å². The van der Waals surface area contributed by atoms with E-state index in [-0.39, 0.29) is 0 Å². The topological polar surface area (TPSA) is 24.5 Å². The van der Waals surface area contributed by atoms with Gasteiger partial charge in [0, 0.05) is 43.1 Å². The van der Waals surface area contributed by atoms with Crippen molar-refractivity contribution in [1.82, 2.24) is 5.32 Å². The second-order valence-electron chi connectivity index (χ2n) is 5.84. The number of nitrogens with one attached hydrogen (secondary N) is 1. The zero-order chi connectivity index (χ0) is 15.2. The van der Waals surface area contributed by atoms with E-state index in [4.69, 9.17) is 16.3 Å². The zero-order valence-electron chi connectivity index (χ0n) is 13.4. The molecule has 1 aromatic carbocycles. The van der Waals surface area contributed by atoms with Crippen molar-refractivity contribution >= 4 is 17.3 Å². The van der Waals surface area contributed by atoms with Gasteiger partial charge in [0.25, 0.3) is 0 Å². The van der Waals surface area contributed by atoms with Gasteiger partial charge in [-0.1, -0.05) is 24.6 Å². The van der Waals surface area contributed by atoms with Crippen LogP contribution in [0.5, 0.6) is 0 Å². The second-order valence-corrected chi connectivity index (χ2v) is 6.24. The van der Waals surface area contributed by atoms with Crippen LogP contribution >= 0.6 is 11.6 Å². The van der Waals surface area contributed by atoms with Crippen LogP contribution in [0.2, 0.25) is 5.02 Å². The highest BCUT2D eigenvalue weighted by Gasteiger charge is 2.19. The summed E-state index contributed by atoms with van der Waals surface area (Å²) < 4.78 is 5.44. The van der Waals surface area contributed by atoms with Crippen LogP contribution in [0.4, 0.5) is 5.69 Å². The van der Waals surface area contributed by atoms with Crippen LogP contribution in [0.25, 0.3) is 0 Å². The molecule has 1 N–H and O–H groups in total. The lowest BCUT2D eigenvalue weighted by molar-refractivity contribution is 0.0855. The van der Waals surface area contributed by atoms with Crippen LogP contribution in [0.3, 0.4) is 0 Å². The van der Waals surface area contributed by atoms with Gasteiger partial charge < -0.3 is 15.0 Å². The smallest absolute Gasteiger partial charge is 0.0485 e. The molecule has 1 aromatic rings. The van der Waals surface area contributed by atoms with Gasteiger partial charge in [0.05, 0.1) is 0 Å². The number of rotatable bonds is 6. The monoisotopic (exact) mass is 310 g/mol. The summed E-state index contributed by atoms with van der Waals surface area (Å²) in [4.78, 5) is 2.34. The molecule has 3 nitrogen and oxygen atoms in total. The van der Waals surface area contributed by atoms with E-state index in [9.17, 15) is 0 Å². The van der Waals surface area contributed by atoms with Gasteiger partial charge >= 0.3 is 0 Å². The Hall–Kier alpha value is -0.770. The highest BCUT2D eigenvalue weighted by atomic mass is 35.5. The van der Waals surface area contributed by atoms with Gasteiger partial charge in [0.2, 0.25) is 0 Å². The minimum Gasteiger partial charge on any atom is -0.381 e. The molecule has 1 atom stereocenters. The molecule has 0 aromatic heterocycles. The fourth-order valence-corrected chi connectivity index (χ4v) is 3.18. The molecular formula is C17H27ClN2O. The van der Waals surface area contributed by atoms with E-state index in [2.05, 4.69) is 49.3 Å². The van der Waals surface area contributed by atoms with Crippen LogP contribution in [0, 0.1) is 0 Å². The first kappa shape index (κ1) is 16.6. The van der Waals surface area contributed by atoms with E-state index < -0.39 is 0 Å². The summed E-state index contributed by atoms with van der Waals surface area (Å²) in [6.45, 7) is 7.07. The summed E-state index contributed by atoms with van der Waals surface area (Å²) in [5.41, 5.74) is 2.37. The summed E-state index contributed by atoms with van der Waals surface area (Å²) in [6, 6.07) is 7.27. The van der Waals surface area contributed by atoms with E-state index >= 15 is 0 Å². The van der Waals surface area contributed by atoms with Crippen molar-refractivity contribution in [3.05, 3.63) is 28.8 Å². The Morgan fingerprint density at radius 3 is 2.71 bits per heavy atom. The third-order valence-electron chi connectivity index (χ3n) is 4.30. The third-order valence-corrected chi connectivity index (χ3v) is 4.62. The maximum absolute atomic E-state index is 6.49. The van der Waals surface area contributed by atoms with Crippen LogP contribution in [0.1, 0.15) is 44.7 Å². The number of hydrogen-bond donors (Lipinski definition) is 1. The molecule has 1 heterocycles. The van der Waals surface area contributed by atoms with Crippen molar-refractivity contribution in [2.45, 2.75) is 45.2 Å². The highest BCUT2D eigenvalue weighted by Crippen LogP contribution is 2.29. The Kier molecular flexibility index (Phi) is 6.34. The molecule has 21 heavy (non-hydrogen) atoms. The number of anilines is 1. The second kappa shape index (κ2) is 8.02. The number of ether oxygens (including phenoxy) is 1. The standard InChI is InChI=1S/C17H27ClN2O/c1-4-9-19-13(2)16-6-5-15(12-17(16)18)20(3)14-7-10-21-11-8-14/h5-6,12-14,19H,4,7-11H2,1-3H3. The molecule has 0 saturated carbocycles. The lowest BCUT2D eigenvalue weighted by Crippen LogP contribution is -2.36. The van der Waals surface area contributed by atoms with Gasteiger partial charge in [-0.15, -0.1) is 0 Å². The maximum atomic E-state index is 6.49. The normalized spacial score (nSPS) is 17.7. The van der Waals surface area contributed by atoms with Crippen molar-refractivity contribution in [2.24, 2.45) is 0 Å². The minimum absolute atomic E-state index is 0.292. The van der Waals surface area contributed by atoms with Crippen LogP contribution in [-0.4, -0.2) is 32.8 Å². The van der Waals surface area contributed by atoms with Gasteiger partial charge in [-0.25, -0.2) is 0 Å². The van der Waals surface area contributed by atoms with Crippen LogP contribution in [0.15, 0.2) is 18.2 Å². The molecule has 4 heteroatoms. The molecule has 0 amide bonds. The number of benzene rings is 1. The van der Waals surface area contributed by atoms with E-state index in [1.807, 2.05) is 0 Å². The number of nitrogens with zero attached hydrogens (tertiary/aromatic N) is 1. The van der Waals surface area contributed by atoms with Crippen molar-refractivity contribution in [3.8, 4) is 0 Å². The lowest BCUT2D eigenvalue weighted by Gasteiger charge is -2.33. The number of hydrogen-bond acceptors (Lipinski definition) is 3. The van der Waals surface area contributed by atoms with Gasteiger partial charge in [0.15, 0.2) is 0 Å². The average Bonchev–Trinajstić information content (AvgIpc) is 2.52. The Morgan fingerprint density at radius 1 is 1.38 bits per heavy atom. The Balaban J connectivity index is 2.06. The van der Waals surface area contributed by atoms with Gasteiger partial charge in [-0.2, -0.15) is 0 Å². The SMILES string of the molecule is CCCNC(C)c1ccc(N(C)C2CCOCC2)cc1Cl. The zero-order valence-corrected chi connectivity index (χ0v) is 14.1. The molecule has 1 saturated heterocycles. The quantitative estimate of drug-likeness (QED) is 0.859. The lowest BCUT2D eigenvalue weighted by atomic mass is 10.0. The highest BCUT2D eigenvalue weighted by molar-refractivity contribution is 6.31. The summed E-state index contributed by atoms with van der Waals surface area (Å²) >= 11 is 6.49. The molecule has 0 bridgehead atoms. The van der Waals surface area contributed by atoms with E-state index in [0.29, 0.717) is 12.1 Å². The predicted octanol–water partition coefficient (Wildman–Crippen LogP) is 4.02. The first-order valence-electron chi connectivity index (χ1n) is 7.97. The summed E-state index contributed by atoms with van der Waals surface area (Å²) in [5.74, 6) is 0. The molecular weight excluding hydrogens is 284 g/mol. The number of halogens is 1. The Labute approximate surface area is 133 Å². The fraction of sp³-hybridized carbons (Fsp3) is 0.647. The Morgan fingerprint density at radius 2 is 2.10 bits per heavy atom. The molecule has 0 radical (unpaired) electrons. The molecule has 118 valence electrons. The Bertz CT molecular complexity index is 446. The molecule has 1 aliphatic heterocycles. The van der Waals surface area contributed by atoms with E-state index in [1.165, 1.54) is 11.3 Å². The van der Waals surface area contributed by atoms with Crippen LogP contribution < -0.4 is 10.2 Å². The van der Waals surface area contributed by atoms with Gasteiger partial charge in [-0.3, -0.25) is 0 Å².